The first-order valence-electron chi connectivity index (χ1n) is 9.84. The van der Waals surface area contributed by atoms with E-state index in [9.17, 15) is 9.18 Å². The summed E-state index contributed by atoms with van der Waals surface area (Å²) in [4.78, 5) is 19.1. The molecule has 1 aliphatic heterocycles. The summed E-state index contributed by atoms with van der Waals surface area (Å²) in [5.41, 5.74) is 1.01. The molecule has 0 unspecified atom stereocenters. The van der Waals surface area contributed by atoms with Crippen LogP contribution in [0, 0.1) is 0 Å². The highest BCUT2D eigenvalue weighted by molar-refractivity contribution is 5.92. The van der Waals surface area contributed by atoms with Crippen LogP contribution in [-0.2, 0) is 18.3 Å². The van der Waals surface area contributed by atoms with Gasteiger partial charge in [-0.15, -0.1) is 0 Å². The fourth-order valence-corrected chi connectivity index (χ4v) is 4.14. The number of nitrogens with zero attached hydrogens (tertiary/aromatic N) is 4. The normalized spacial score (nSPS) is 19.4. The molecule has 0 atom stereocenters. The van der Waals surface area contributed by atoms with E-state index in [4.69, 9.17) is 0 Å². The predicted octanol–water partition coefficient (Wildman–Crippen LogP) is 3.32. The summed E-state index contributed by atoms with van der Waals surface area (Å²) in [5.74, 6) is -0.349. The van der Waals surface area contributed by atoms with Gasteiger partial charge in [-0.1, -0.05) is 18.6 Å². The van der Waals surface area contributed by atoms with E-state index < -0.39 is 5.67 Å². The standard InChI is InChI=1S/C22H23FN4O/c1-26-12-18(11-25-26)15-5-6-16-10-24-19(8-17(16)7-15)9-21(28)22(23)13-27(14-22)20-3-2-4-20/h5-8,10-12,20H,2-4,9,13-14H2,1H3. The van der Waals surface area contributed by atoms with Gasteiger partial charge in [-0.3, -0.25) is 19.4 Å². The number of halogens is 1. The van der Waals surface area contributed by atoms with Crippen molar-refractivity contribution in [1.29, 1.82) is 0 Å². The van der Waals surface area contributed by atoms with Crippen molar-refractivity contribution in [3.8, 4) is 11.1 Å². The molecule has 6 heteroatoms. The summed E-state index contributed by atoms with van der Waals surface area (Å²) in [5, 5.41) is 6.21. The lowest BCUT2D eigenvalue weighted by atomic mass is 9.82. The van der Waals surface area contributed by atoms with E-state index >= 15 is 0 Å². The number of carbonyl (C=O) groups excluding carboxylic acids is 1. The summed E-state index contributed by atoms with van der Waals surface area (Å²) >= 11 is 0. The summed E-state index contributed by atoms with van der Waals surface area (Å²) < 4.78 is 16.7. The second-order valence-electron chi connectivity index (χ2n) is 8.20. The number of alkyl halides is 1. The Bertz CT molecular complexity index is 1050. The van der Waals surface area contributed by atoms with Gasteiger partial charge >= 0.3 is 0 Å². The molecule has 3 aromatic rings. The molecule has 2 fully saturated rings. The molecular weight excluding hydrogens is 355 g/mol. The van der Waals surface area contributed by atoms with Gasteiger partial charge in [0.1, 0.15) is 0 Å². The van der Waals surface area contributed by atoms with Gasteiger partial charge in [-0.25, -0.2) is 4.39 Å². The number of aromatic nitrogens is 3. The first kappa shape index (κ1) is 17.5. The SMILES string of the molecule is Cn1cc(-c2ccc3cnc(CC(=O)C4(F)CN(C5CCC5)C4)cc3c2)cn1. The van der Waals surface area contributed by atoms with Crippen LogP contribution in [0.2, 0.25) is 0 Å². The molecule has 2 aliphatic rings. The van der Waals surface area contributed by atoms with Crippen molar-refractivity contribution in [3.63, 3.8) is 0 Å². The number of aryl methyl sites for hydroxylation is 1. The van der Waals surface area contributed by atoms with Crippen LogP contribution in [0.3, 0.4) is 0 Å². The zero-order valence-corrected chi connectivity index (χ0v) is 15.9. The van der Waals surface area contributed by atoms with Gasteiger partial charge < -0.3 is 0 Å². The zero-order chi connectivity index (χ0) is 19.3. The van der Waals surface area contributed by atoms with Crippen molar-refractivity contribution in [3.05, 3.63) is 48.5 Å². The van der Waals surface area contributed by atoms with Gasteiger partial charge in [0, 0.05) is 55.2 Å². The molecule has 5 rings (SSSR count). The monoisotopic (exact) mass is 378 g/mol. The second kappa shape index (κ2) is 6.48. The lowest BCUT2D eigenvalue weighted by Gasteiger charge is -2.50. The quantitative estimate of drug-likeness (QED) is 0.683. The number of pyridine rings is 1. The molecule has 1 aromatic carbocycles. The van der Waals surface area contributed by atoms with Crippen molar-refractivity contribution >= 4 is 16.6 Å². The van der Waals surface area contributed by atoms with Gasteiger partial charge in [-0.2, -0.15) is 5.10 Å². The first-order chi connectivity index (χ1) is 13.5. The Morgan fingerprint density at radius 2 is 2.00 bits per heavy atom. The van der Waals surface area contributed by atoms with Crippen LogP contribution in [0.5, 0.6) is 0 Å². The molecule has 1 saturated heterocycles. The number of Topliss-reactive ketones (excluding diaryl/α,β-unsaturated/α-hetero) is 1. The van der Waals surface area contributed by atoms with E-state index in [2.05, 4.69) is 21.0 Å². The molecule has 3 heterocycles. The molecule has 1 saturated carbocycles. The molecule has 0 amide bonds. The maximum absolute atomic E-state index is 14.9. The molecule has 0 N–H and O–H groups in total. The molecule has 28 heavy (non-hydrogen) atoms. The van der Waals surface area contributed by atoms with Gasteiger partial charge in [0.2, 0.25) is 0 Å². The average Bonchev–Trinajstić information content (AvgIpc) is 3.04. The van der Waals surface area contributed by atoms with E-state index in [1.165, 1.54) is 6.42 Å². The van der Waals surface area contributed by atoms with E-state index in [0.29, 0.717) is 11.7 Å². The number of hydrogen-bond acceptors (Lipinski definition) is 4. The van der Waals surface area contributed by atoms with E-state index in [1.54, 1.807) is 10.9 Å². The highest BCUT2D eigenvalue weighted by Crippen LogP contribution is 2.36. The fraction of sp³-hybridized carbons (Fsp3) is 0.409. The molecule has 1 aliphatic carbocycles. The summed E-state index contributed by atoms with van der Waals surface area (Å²) in [7, 11) is 1.89. The molecule has 144 valence electrons. The Morgan fingerprint density at radius 3 is 2.68 bits per heavy atom. The van der Waals surface area contributed by atoms with Crippen molar-refractivity contribution in [2.24, 2.45) is 7.05 Å². The van der Waals surface area contributed by atoms with Crippen molar-refractivity contribution < 1.29 is 9.18 Å². The van der Waals surface area contributed by atoms with Crippen LogP contribution in [0.4, 0.5) is 4.39 Å². The van der Waals surface area contributed by atoms with Crippen LogP contribution in [0.25, 0.3) is 21.9 Å². The number of carbonyl (C=O) groups is 1. The van der Waals surface area contributed by atoms with Gasteiger partial charge in [-0.05, 0) is 35.9 Å². The summed E-state index contributed by atoms with van der Waals surface area (Å²) in [6.07, 6.45) is 9.08. The van der Waals surface area contributed by atoms with E-state index in [1.807, 2.05) is 37.6 Å². The highest BCUT2D eigenvalue weighted by atomic mass is 19.1. The third-order valence-electron chi connectivity index (χ3n) is 6.16. The van der Waals surface area contributed by atoms with Gasteiger partial charge in [0.05, 0.1) is 12.6 Å². The van der Waals surface area contributed by atoms with Crippen LogP contribution in [-0.4, -0.2) is 50.2 Å². The maximum atomic E-state index is 14.9. The highest BCUT2D eigenvalue weighted by Gasteiger charge is 2.51. The Kier molecular flexibility index (Phi) is 4.05. The molecular formula is C22H23FN4O. The van der Waals surface area contributed by atoms with E-state index in [-0.39, 0.29) is 25.3 Å². The Labute approximate surface area is 163 Å². The number of likely N-dealkylation sites (tertiary alicyclic amines) is 1. The lowest BCUT2D eigenvalue weighted by molar-refractivity contribution is -0.147. The van der Waals surface area contributed by atoms with Crippen molar-refractivity contribution in [2.75, 3.05) is 13.1 Å². The van der Waals surface area contributed by atoms with Gasteiger partial charge in [0.15, 0.2) is 11.5 Å². The average molecular weight is 378 g/mol. The Morgan fingerprint density at radius 1 is 1.18 bits per heavy atom. The third-order valence-corrected chi connectivity index (χ3v) is 6.16. The Hall–Kier alpha value is -2.60. The lowest BCUT2D eigenvalue weighted by Crippen LogP contribution is -2.67. The molecule has 2 aromatic heterocycles. The van der Waals surface area contributed by atoms with E-state index in [0.717, 1.165) is 34.7 Å². The smallest absolute Gasteiger partial charge is 0.194 e. The van der Waals surface area contributed by atoms with Crippen LogP contribution >= 0.6 is 0 Å². The largest absolute Gasteiger partial charge is 0.296 e. The minimum absolute atomic E-state index is 0.0437. The molecule has 0 radical (unpaired) electrons. The van der Waals surface area contributed by atoms with Crippen LogP contribution < -0.4 is 0 Å². The minimum atomic E-state index is -1.70. The fourth-order valence-electron chi connectivity index (χ4n) is 4.14. The molecule has 0 spiro atoms. The maximum Gasteiger partial charge on any atom is 0.194 e. The summed E-state index contributed by atoms with van der Waals surface area (Å²) in [6, 6.07) is 8.50. The molecule has 0 bridgehead atoms. The van der Waals surface area contributed by atoms with Crippen LogP contribution in [0.1, 0.15) is 25.0 Å². The number of ketones is 1. The second-order valence-corrected chi connectivity index (χ2v) is 8.20. The van der Waals surface area contributed by atoms with Crippen LogP contribution in [0.15, 0.2) is 42.9 Å². The van der Waals surface area contributed by atoms with Gasteiger partial charge in [0.25, 0.3) is 0 Å². The minimum Gasteiger partial charge on any atom is -0.296 e. The first-order valence-corrected chi connectivity index (χ1v) is 9.84. The number of fused-ring (bicyclic) bond motifs is 1. The number of benzene rings is 1. The zero-order valence-electron chi connectivity index (χ0n) is 15.9. The molecule has 5 nitrogen and oxygen atoms in total. The van der Waals surface area contributed by atoms with Crippen molar-refractivity contribution in [1.82, 2.24) is 19.7 Å². The Balaban J connectivity index is 1.33. The predicted molar refractivity (Wildman–Crippen MR) is 106 cm³/mol. The topological polar surface area (TPSA) is 51.0 Å². The number of hydrogen-bond donors (Lipinski definition) is 0. The van der Waals surface area contributed by atoms with Crippen molar-refractivity contribution in [2.45, 2.75) is 37.4 Å². The third kappa shape index (κ3) is 3.02. The number of rotatable bonds is 5. The summed E-state index contributed by atoms with van der Waals surface area (Å²) in [6.45, 7) is 0.491.